The van der Waals surface area contributed by atoms with E-state index in [1.165, 1.54) is 11.6 Å². The number of hydrogen-bond acceptors (Lipinski definition) is 5. The lowest BCUT2D eigenvalue weighted by atomic mass is 10.1. The van der Waals surface area contributed by atoms with Crippen LogP contribution in [0.4, 0.5) is 5.88 Å². The Hall–Kier alpha value is -2.83. The zero-order chi connectivity index (χ0) is 17.6. The Labute approximate surface area is 138 Å². The van der Waals surface area contributed by atoms with Crippen LogP contribution in [-0.2, 0) is 14.1 Å². The monoisotopic (exact) mass is 328 g/mol. The van der Waals surface area contributed by atoms with Crippen molar-refractivity contribution in [2.24, 2.45) is 14.1 Å². The van der Waals surface area contributed by atoms with E-state index in [-0.39, 0.29) is 11.3 Å². The largest absolute Gasteiger partial charge is 0.423 e. The summed E-state index contributed by atoms with van der Waals surface area (Å²) >= 11 is 0. The normalized spacial score (nSPS) is 11.9. The molecule has 0 aliphatic carbocycles. The van der Waals surface area contributed by atoms with Gasteiger partial charge in [-0.3, -0.25) is 18.9 Å². The van der Waals surface area contributed by atoms with E-state index in [0.717, 1.165) is 10.1 Å². The van der Waals surface area contributed by atoms with Gasteiger partial charge in [-0.1, -0.05) is 6.07 Å². The van der Waals surface area contributed by atoms with Crippen LogP contribution in [-0.4, -0.2) is 19.7 Å². The summed E-state index contributed by atoms with van der Waals surface area (Å²) in [5, 5.41) is 3.63. The lowest BCUT2D eigenvalue weighted by Crippen LogP contribution is -2.36. The van der Waals surface area contributed by atoms with Gasteiger partial charge in [0.2, 0.25) is 11.6 Å². The molecule has 0 amide bonds. The first kappa shape index (κ1) is 16.0. The van der Waals surface area contributed by atoms with E-state index < -0.39 is 11.2 Å². The van der Waals surface area contributed by atoms with Crippen molar-refractivity contribution in [2.45, 2.75) is 26.3 Å². The fourth-order valence-corrected chi connectivity index (χ4v) is 2.63. The molecule has 0 aliphatic heterocycles. The molecule has 24 heavy (non-hydrogen) atoms. The Morgan fingerprint density at radius 2 is 1.88 bits per heavy atom. The number of rotatable bonds is 2. The molecule has 0 aromatic carbocycles. The van der Waals surface area contributed by atoms with Gasteiger partial charge in [0.1, 0.15) is 5.39 Å². The summed E-state index contributed by atoms with van der Waals surface area (Å²) in [6, 6.07) is 3.65. The third-order valence-electron chi connectivity index (χ3n) is 3.73. The van der Waals surface area contributed by atoms with E-state index in [2.05, 4.69) is 10.3 Å². The highest BCUT2D eigenvalue weighted by molar-refractivity contribution is 5.98. The predicted octanol–water partition coefficient (Wildman–Crippen LogP) is 2.10. The molecule has 7 heteroatoms. The predicted molar refractivity (Wildman–Crippen MR) is 93.3 cm³/mol. The number of anilines is 1. The van der Waals surface area contributed by atoms with E-state index in [9.17, 15) is 9.59 Å². The van der Waals surface area contributed by atoms with Gasteiger partial charge in [0.05, 0.1) is 5.56 Å². The Bertz CT molecular complexity index is 1020. The zero-order valence-electron chi connectivity index (χ0n) is 14.4. The Morgan fingerprint density at radius 3 is 2.46 bits per heavy atom. The summed E-state index contributed by atoms with van der Waals surface area (Å²) in [4.78, 5) is 29.0. The fourth-order valence-electron chi connectivity index (χ4n) is 2.63. The molecule has 0 unspecified atom stereocenters. The summed E-state index contributed by atoms with van der Waals surface area (Å²) in [7, 11) is 3.04. The van der Waals surface area contributed by atoms with Gasteiger partial charge in [-0.25, -0.2) is 4.79 Å². The molecule has 0 saturated carbocycles. The molecule has 0 fully saturated rings. The number of hydrogen-bond donors (Lipinski definition) is 1. The second-order valence-electron chi connectivity index (χ2n) is 6.81. The highest BCUT2D eigenvalue weighted by atomic mass is 16.4. The Kier molecular flexibility index (Phi) is 3.59. The first-order valence-electron chi connectivity index (χ1n) is 7.62. The molecular weight excluding hydrogens is 308 g/mol. The highest BCUT2D eigenvalue weighted by Gasteiger charge is 2.25. The van der Waals surface area contributed by atoms with Crippen LogP contribution in [0.1, 0.15) is 20.8 Å². The van der Waals surface area contributed by atoms with Crippen molar-refractivity contribution in [3.63, 3.8) is 0 Å². The number of aryl methyl sites for hydroxylation is 1. The topological polar surface area (TPSA) is 82.1 Å². The van der Waals surface area contributed by atoms with Crippen molar-refractivity contribution in [3.8, 4) is 11.1 Å². The lowest BCUT2D eigenvalue weighted by Gasteiger charge is -2.20. The maximum absolute atomic E-state index is 12.7. The van der Waals surface area contributed by atoms with Gasteiger partial charge in [0, 0.05) is 37.6 Å². The van der Waals surface area contributed by atoms with Crippen molar-refractivity contribution in [2.75, 3.05) is 5.32 Å². The summed E-state index contributed by atoms with van der Waals surface area (Å²) in [6.45, 7) is 5.97. The van der Waals surface area contributed by atoms with Crippen LogP contribution in [0.15, 0.2) is 38.5 Å². The molecular formula is C17H20N4O3. The van der Waals surface area contributed by atoms with Gasteiger partial charge in [0.15, 0.2) is 0 Å². The number of aromatic nitrogens is 3. The molecule has 0 atom stereocenters. The Morgan fingerprint density at radius 1 is 1.17 bits per heavy atom. The van der Waals surface area contributed by atoms with Crippen molar-refractivity contribution >= 4 is 17.0 Å². The van der Waals surface area contributed by atoms with Crippen molar-refractivity contribution in [1.29, 1.82) is 0 Å². The van der Waals surface area contributed by atoms with Crippen LogP contribution in [0, 0.1) is 0 Å². The van der Waals surface area contributed by atoms with Gasteiger partial charge in [-0.15, -0.1) is 0 Å². The fraction of sp³-hybridized carbons (Fsp3) is 0.353. The third kappa shape index (κ3) is 2.51. The number of furan rings is 1. The molecule has 126 valence electrons. The number of fused-ring (bicyclic) bond motifs is 1. The summed E-state index contributed by atoms with van der Waals surface area (Å²) < 4.78 is 8.31. The maximum Gasteiger partial charge on any atom is 0.333 e. The van der Waals surface area contributed by atoms with Gasteiger partial charge < -0.3 is 9.73 Å². The second kappa shape index (κ2) is 5.36. The number of nitrogens with one attached hydrogen (secondary N) is 1. The number of nitrogens with zero attached hydrogens (tertiary/aromatic N) is 3. The van der Waals surface area contributed by atoms with E-state index in [1.54, 1.807) is 25.5 Å². The summed E-state index contributed by atoms with van der Waals surface area (Å²) in [6.07, 6.45) is 3.33. The average Bonchev–Trinajstić information content (AvgIpc) is 2.89. The van der Waals surface area contributed by atoms with Crippen LogP contribution in [0.2, 0.25) is 0 Å². The van der Waals surface area contributed by atoms with E-state index in [4.69, 9.17) is 4.42 Å². The van der Waals surface area contributed by atoms with Crippen LogP contribution in [0.5, 0.6) is 0 Å². The molecule has 0 bridgehead atoms. The first-order chi connectivity index (χ1) is 11.2. The molecule has 3 aromatic heterocycles. The van der Waals surface area contributed by atoms with E-state index >= 15 is 0 Å². The highest BCUT2D eigenvalue weighted by Crippen LogP contribution is 2.37. The molecule has 7 nitrogen and oxygen atoms in total. The minimum absolute atomic E-state index is 0.244. The average molecular weight is 328 g/mol. The molecule has 1 N–H and O–H groups in total. The molecule has 0 spiro atoms. The van der Waals surface area contributed by atoms with Crippen molar-refractivity contribution in [1.82, 2.24) is 14.1 Å². The molecule has 3 aromatic rings. The zero-order valence-corrected chi connectivity index (χ0v) is 14.4. The standard InChI is InChI=1S/C17H20N4O3/c1-17(2,3)19-13-11(10-7-6-8-18-9-10)12-14(22)20(4)16(23)21(5)15(12)24-13/h6-9,19H,1-5H3. The van der Waals surface area contributed by atoms with Gasteiger partial charge in [-0.2, -0.15) is 0 Å². The van der Waals surface area contributed by atoms with Crippen LogP contribution in [0.3, 0.4) is 0 Å². The van der Waals surface area contributed by atoms with Gasteiger partial charge >= 0.3 is 5.69 Å². The maximum atomic E-state index is 12.7. The van der Waals surface area contributed by atoms with Crippen LogP contribution >= 0.6 is 0 Å². The van der Waals surface area contributed by atoms with Crippen LogP contribution in [0.25, 0.3) is 22.2 Å². The molecule has 3 rings (SSSR count). The van der Waals surface area contributed by atoms with Gasteiger partial charge in [-0.05, 0) is 26.8 Å². The van der Waals surface area contributed by atoms with Crippen molar-refractivity contribution < 1.29 is 4.42 Å². The quantitative estimate of drug-likeness (QED) is 0.779. The van der Waals surface area contributed by atoms with E-state index in [1.807, 2.05) is 26.8 Å². The molecule has 0 aliphatic rings. The van der Waals surface area contributed by atoms with Crippen molar-refractivity contribution in [3.05, 3.63) is 45.4 Å². The second-order valence-corrected chi connectivity index (χ2v) is 6.81. The summed E-state index contributed by atoms with van der Waals surface area (Å²) in [5.74, 6) is 0.448. The smallest absolute Gasteiger partial charge is 0.333 e. The third-order valence-corrected chi connectivity index (χ3v) is 3.73. The summed E-state index contributed by atoms with van der Waals surface area (Å²) in [5.41, 5.74) is 0.505. The van der Waals surface area contributed by atoms with Crippen LogP contribution < -0.4 is 16.6 Å². The molecule has 3 heterocycles. The minimum Gasteiger partial charge on any atom is -0.423 e. The molecule has 0 saturated heterocycles. The van der Waals surface area contributed by atoms with E-state index in [0.29, 0.717) is 16.8 Å². The lowest BCUT2D eigenvalue weighted by molar-refractivity contribution is 0.541. The molecule has 0 radical (unpaired) electrons. The first-order valence-corrected chi connectivity index (χ1v) is 7.62. The minimum atomic E-state index is -0.429. The Balaban J connectivity index is 2.48. The van der Waals surface area contributed by atoms with Gasteiger partial charge in [0.25, 0.3) is 5.56 Å². The SMILES string of the molecule is Cn1c(=O)c2c(-c3cccnc3)c(NC(C)(C)C)oc2n(C)c1=O. The number of pyridine rings is 1.